The topological polar surface area (TPSA) is 75.1 Å². The highest BCUT2D eigenvalue weighted by Gasteiger charge is 2.13. The molecule has 5 nitrogen and oxygen atoms in total. The van der Waals surface area contributed by atoms with Crippen LogP contribution in [0.5, 0.6) is 0 Å². The highest BCUT2D eigenvalue weighted by molar-refractivity contribution is 6.04. The Morgan fingerprint density at radius 2 is 2.05 bits per heavy atom. The van der Waals surface area contributed by atoms with E-state index in [2.05, 4.69) is 15.3 Å². The third-order valence-corrected chi connectivity index (χ3v) is 2.98. The Hall–Kier alpha value is -2.01. The Morgan fingerprint density at radius 3 is 2.80 bits per heavy atom. The van der Waals surface area contributed by atoms with Crippen LogP contribution < -0.4 is 5.32 Å². The van der Waals surface area contributed by atoms with E-state index >= 15 is 0 Å². The quantitative estimate of drug-likeness (QED) is 0.870. The van der Waals surface area contributed by atoms with Gasteiger partial charge in [-0.1, -0.05) is 19.9 Å². The summed E-state index contributed by atoms with van der Waals surface area (Å²) in [5.74, 6) is 0.157. The fourth-order valence-electron chi connectivity index (χ4n) is 2.11. The number of rotatable bonds is 5. The number of fused-ring (bicyclic) bond motifs is 1. The molecule has 2 N–H and O–H groups in total. The summed E-state index contributed by atoms with van der Waals surface area (Å²) in [5.41, 5.74) is 1.74. The number of hydrogen-bond acceptors (Lipinski definition) is 4. The van der Waals surface area contributed by atoms with Crippen molar-refractivity contribution in [1.29, 1.82) is 0 Å². The Kier molecular flexibility index (Phi) is 4.63. The molecule has 0 aliphatic carbocycles. The van der Waals surface area contributed by atoms with Gasteiger partial charge < -0.3 is 10.4 Å². The van der Waals surface area contributed by atoms with Crippen molar-refractivity contribution < 1.29 is 9.90 Å². The summed E-state index contributed by atoms with van der Waals surface area (Å²) in [6.45, 7) is 4.31. The van der Waals surface area contributed by atoms with Crippen LogP contribution in [0.1, 0.15) is 30.6 Å². The first-order valence-corrected chi connectivity index (χ1v) is 6.74. The molecule has 106 valence electrons. The Balaban J connectivity index is 2.08. The van der Waals surface area contributed by atoms with Crippen molar-refractivity contribution in [2.75, 3.05) is 6.54 Å². The van der Waals surface area contributed by atoms with Crippen LogP contribution in [0.4, 0.5) is 0 Å². The van der Waals surface area contributed by atoms with E-state index in [-0.39, 0.29) is 12.5 Å². The average Bonchev–Trinajstić information content (AvgIpc) is 2.43. The number of aliphatic hydroxyl groups excluding tert-OH is 1. The van der Waals surface area contributed by atoms with E-state index in [4.69, 9.17) is 0 Å². The molecule has 0 bridgehead atoms. The molecule has 2 rings (SSSR count). The molecule has 1 aromatic carbocycles. The monoisotopic (exact) mass is 273 g/mol. The molecule has 0 saturated heterocycles. The molecule has 1 unspecified atom stereocenters. The maximum atomic E-state index is 12.2. The van der Waals surface area contributed by atoms with E-state index in [1.807, 2.05) is 19.9 Å². The summed E-state index contributed by atoms with van der Waals surface area (Å²) >= 11 is 0. The van der Waals surface area contributed by atoms with Gasteiger partial charge in [0.05, 0.1) is 17.2 Å². The van der Waals surface area contributed by atoms with E-state index in [0.29, 0.717) is 28.9 Å². The van der Waals surface area contributed by atoms with Crippen molar-refractivity contribution in [3.05, 3.63) is 36.2 Å². The molecule has 0 aliphatic rings. The number of aromatic nitrogens is 2. The molecular weight excluding hydrogens is 254 g/mol. The predicted molar refractivity (Wildman–Crippen MR) is 77.3 cm³/mol. The number of nitrogens with one attached hydrogen (secondary N) is 1. The summed E-state index contributed by atoms with van der Waals surface area (Å²) < 4.78 is 0. The van der Waals surface area contributed by atoms with Crippen LogP contribution in [-0.2, 0) is 0 Å². The normalized spacial score (nSPS) is 12.6. The molecular formula is C15H19N3O2. The lowest BCUT2D eigenvalue weighted by atomic mass is 10.1. The summed E-state index contributed by atoms with van der Waals surface area (Å²) in [6.07, 6.45) is 3.29. The van der Waals surface area contributed by atoms with Gasteiger partial charge in [-0.25, -0.2) is 0 Å². The van der Waals surface area contributed by atoms with Crippen LogP contribution >= 0.6 is 0 Å². The number of nitrogens with zero attached hydrogens (tertiary/aromatic N) is 2. The lowest BCUT2D eigenvalue weighted by Crippen LogP contribution is -2.33. The van der Waals surface area contributed by atoms with E-state index in [1.54, 1.807) is 24.5 Å². The second-order valence-corrected chi connectivity index (χ2v) is 5.22. The molecule has 0 aliphatic heterocycles. The van der Waals surface area contributed by atoms with Crippen molar-refractivity contribution >= 4 is 16.9 Å². The summed E-state index contributed by atoms with van der Waals surface area (Å²) in [6, 6.07) is 5.30. The van der Waals surface area contributed by atoms with E-state index in [1.165, 1.54) is 0 Å². The second-order valence-electron chi connectivity index (χ2n) is 5.22. The largest absolute Gasteiger partial charge is 0.391 e. The van der Waals surface area contributed by atoms with Crippen LogP contribution in [0, 0.1) is 5.92 Å². The van der Waals surface area contributed by atoms with Crippen molar-refractivity contribution in [3.8, 4) is 0 Å². The SMILES string of the molecule is CC(C)CC(O)CNC(=O)c1cccc2nccnc12. The average molecular weight is 273 g/mol. The first-order chi connectivity index (χ1) is 9.58. The van der Waals surface area contributed by atoms with Crippen molar-refractivity contribution in [2.45, 2.75) is 26.4 Å². The molecule has 1 atom stereocenters. The zero-order valence-corrected chi connectivity index (χ0v) is 11.7. The molecule has 2 aromatic rings. The lowest BCUT2D eigenvalue weighted by Gasteiger charge is -2.14. The van der Waals surface area contributed by atoms with Gasteiger partial charge >= 0.3 is 0 Å². The third-order valence-electron chi connectivity index (χ3n) is 2.98. The molecule has 20 heavy (non-hydrogen) atoms. The number of amides is 1. The third kappa shape index (κ3) is 3.51. The molecule has 0 radical (unpaired) electrons. The van der Waals surface area contributed by atoms with Gasteiger partial charge in [-0.15, -0.1) is 0 Å². The Bertz CT molecular complexity index is 593. The molecule has 1 amide bonds. The van der Waals surface area contributed by atoms with Crippen molar-refractivity contribution in [3.63, 3.8) is 0 Å². The van der Waals surface area contributed by atoms with Gasteiger partial charge in [0.1, 0.15) is 5.52 Å². The number of para-hydroxylation sites is 1. The number of carbonyl (C=O) groups is 1. The van der Waals surface area contributed by atoms with Gasteiger partial charge in [0.15, 0.2) is 0 Å². The maximum Gasteiger partial charge on any atom is 0.253 e. The summed E-state index contributed by atoms with van der Waals surface area (Å²) in [7, 11) is 0. The second kappa shape index (κ2) is 6.43. The number of hydrogen-bond donors (Lipinski definition) is 2. The van der Waals surface area contributed by atoms with Gasteiger partial charge in [0.25, 0.3) is 5.91 Å². The van der Waals surface area contributed by atoms with E-state index in [9.17, 15) is 9.90 Å². The highest BCUT2D eigenvalue weighted by atomic mass is 16.3. The van der Waals surface area contributed by atoms with Gasteiger partial charge in [-0.05, 0) is 24.5 Å². The summed E-state index contributed by atoms with van der Waals surface area (Å²) in [5, 5.41) is 12.5. The van der Waals surface area contributed by atoms with E-state index < -0.39 is 6.10 Å². The Morgan fingerprint density at radius 1 is 1.30 bits per heavy atom. The van der Waals surface area contributed by atoms with Crippen molar-refractivity contribution in [1.82, 2.24) is 15.3 Å². The molecule has 0 spiro atoms. The summed E-state index contributed by atoms with van der Waals surface area (Å²) in [4.78, 5) is 20.5. The van der Waals surface area contributed by atoms with Crippen LogP contribution in [-0.4, -0.2) is 33.6 Å². The minimum Gasteiger partial charge on any atom is -0.391 e. The smallest absolute Gasteiger partial charge is 0.253 e. The fraction of sp³-hybridized carbons (Fsp3) is 0.400. The molecule has 0 fully saturated rings. The number of carbonyl (C=O) groups excluding carboxylic acids is 1. The van der Waals surface area contributed by atoms with E-state index in [0.717, 1.165) is 0 Å². The maximum absolute atomic E-state index is 12.2. The minimum atomic E-state index is -0.528. The lowest BCUT2D eigenvalue weighted by molar-refractivity contribution is 0.0901. The standard InChI is InChI=1S/C15H19N3O2/c1-10(2)8-11(19)9-18-15(20)12-4-3-5-13-14(12)17-7-6-16-13/h3-7,10-11,19H,8-9H2,1-2H3,(H,18,20). The zero-order valence-electron chi connectivity index (χ0n) is 11.7. The van der Waals surface area contributed by atoms with Crippen LogP contribution in [0.15, 0.2) is 30.6 Å². The fourth-order valence-corrected chi connectivity index (χ4v) is 2.11. The highest BCUT2D eigenvalue weighted by Crippen LogP contribution is 2.13. The molecule has 0 saturated carbocycles. The van der Waals surface area contributed by atoms with Gasteiger partial charge in [-0.3, -0.25) is 14.8 Å². The number of aliphatic hydroxyl groups is 1. The van der Waals surface area contributed by atoms with Gasteiger partial charge in [-0.2, -0.15) is 0 Å². The van der Waals surface area contributed by atoms with Gasteiger partial charge in [0, 0.05) is 18.9 Å². The van der Waals surface area contributed by atoms with Crippen LogP contribution in [0.3, 0.4) is 0 Å². The van der Waals surface area contributed by atoms with Crippen LogP contribution in [0.2, 0.25) is 0 Å². The predicted octanol–water partition coefficient (Wildman–Crippen LogP) is 1.77. The molecule has 1 aromatic heterocycles. The van der Waals surface area contributed by atoms with Crippen molar-refractivity contribution in [2.24, 2.45) is 5.92 Å². The Labute approximate surface area is 118 Å². The van der Waals surface area contributed by atoms with Crippen LogP contribution in [0.25, 0.3) is 11.0 Å². The minimum absolute atomic E-state index is 0.237. The molecule has 5 heteroatoms. The first-order valence-electron chi connectivity index (χ1n) is 6.74. The zero-order chi connectivity index (χ0) is 14.5. The number of benzene rings is 1. The molecule has 1 heterocycles. The first kappa shape index (κ1) is 14.4. The van der Waals surface area contributed by atoms with Gasteiger partial charge in [0.2, 0.25) is 0 Å².